The van der Waals surface area contributed by atoms with E-state index < -0.39 is 0 Å². The number of carbonyl (C=O) groups is 2. The van der Waals surface area contributed by atoms with E-state index in [1.807, 2.05) is 44.7 Å². The predicted molar refractivity (Wildman–Crippen MR) is 84.3 cm³/mol. The average Bonchev–Trinajstić information content (AvgIpc) is 2.92. The molecule has 0 aromatic carbocycles. The van der Waals surface area contributed by atoms with E-state index in [-0.39, 0.29) is 23.5 Å². The van der Waals surface area contributed by atoms with Gasteiger partial charge in [0.25, 0.3) is 0 Å². The van der Waals surface area contributed by atoms with Gasteiger partial charge in [-0.05, 0) is 39.8 Å². The van der Waals surface area contributed by atoms with Gasteiger partial charge >= 0.3 is 6.03 Å². The van der Waals surface area contributed by atoms with E-state index in [2.05, 4.69) is 10.6 Å². The summed E-state index contributed by atoms with van der Waals surface area (Å²) < 4.78 is 0. The maximum Gasteiger partial charge on any atom is 0.315 e. The van der Waals surface area contributed by atoms with Crippen LogP contribution in [0.1, 0.15) is 36.9 Å². The van der Waals surface area contributed by atoms with E-state index in [1.54, 1.807) is 11.3 Å². The molecule has 0 saturated carbocycles. The van der Waals surface area contributed by atoms with Crippen LogP contribution in [-0.4, -0.2) is 35.0 Å². The monoisotopic (exact) mass is 309 g/mol. The standard InChI is InChI=1S/C15H23N3O2S/c1-10-5-6-12(21-10)8-16-14(20)17-11-7-13(19)18(9-11)15(2,3)4/h5-6,11H,7-9H2,1-4H3,(H2,16,17,20)/t11-/m0/s1. The molecule has 21 heavy (non-hydrogen) atoms. The van der Waals surface area contributed by atoms with Gasteiger partial charge in [0.15, 0.2) is 0 Å². The molecule has 2 rings (SSSR count). The van der Waals surface area contributed by atoms with Crippen LogP contribution in [0.2, 0.25) is 0 Å². The van der Waals surface area contributed by atoms with E-state index in [9.17, 15) is 9.59 Å². The van der Waals surface area contributed by atoms with E-state index in [4.69, 9.17) is 0 Å². The highest BCUT2D eigenvalue weighted by Gasteiger charge is 2.36. The second-order valence-electron chi connectivity index (χ2n) is 6.42. The number of thiophene rings is 1. The van der Waals surface area contributed by atoms with Gasteiger partial charge in [-0.2, -0.15) is 0 Å². The Kier molecular flexibility index (Phi) is 4.56. The Labute approximate surface area is 129 Å². The zero-order valence-electron chi connectivity index (χ0n) is 13.0. The van der Waals surface area contributed by atoms with Crippen LogP contribution in [0.15, 0.2) is 12.1 Å². The third-order valence-corrected chi connectivity index (χ3v) is 4.49. The van der Waals surface area contributed by atoms with Gasteiger partial charge in [0.05, 0.1) is 12.6 Å². The van der Waals surface area contributed by atoms with Crippen LogP contribution < -0.4 is 10.6 Å². The minimum absolute atomic E-state index is 0.0988. The normalized spacial score (nSPS) is 19.0. The van der Waals surface area contributed by atoms with Crippen molar-refractivity contribution in [2.75, 3.05) is 6.54 Å². The zero-order valence-corrected chi connectivity index (χ0v) is 13.8. The second-order valence-corrected chi connectivity index (χ2v) is 7.79. The molecule has 0 aliphatic carbocycles. The van der Waals surface area contributed by atoms with Crippen LogP contribution in [0.5, 0.6) is 0 Å². The van der Waals surface area contributed by atoms with E-state index in [1.165, 1.54) is 4.88 Å². The largest absolute Gasteiger partial charge is 0.336 e. The van der Waals surface area contributed by atoms with Crippen LogP contribution in [0.4, 0.5) is 4.79 Å². The smallest absolute Gasteiger partial charge is 0.315 e. The molecule has 2 N–H and O–H groups in total. The molecule has 1 aliphatic heterocycles. The molecule has 3 amide bonds. The summed E-state index contributed by atoms with van der Waals surface area (Å²) in [6.07, 6.45) is 0.378. The number of nitrogens with one attached hydrogen (secondary N) is 2. The Morgan fingerprint density at radius 3 is 2.67 bits per heavy atom. The lowest BCUT2D eigenvalue weighted by Crippen LogP contribution is -2.46. The molecule has 0 unspecified atom stereocenters. The fourth-order valence-corrected chi connectivity index (χ4v) is 3.27. The summed E-state index contributed by atoms with van der Waals surface area (Å²) in [5.41, 5.74) is -0.196. The van der Waals surface area contributed by atoms with Crippen molar-refractivity contribution in [3.05, 3.63) is 21.9 Å². The topological polar surface area (TPSA) is 61.4 Å². The number of hydrogen-bond acceptors (Lipinski definition) is 3. The van der Waals surface area contributed by atoms with Crippen molar-refractivity contribution in [1.29, 1.82) is 0 Å². The molecule has 1 fully saturated rings. The fraction of sp³-hybridized carbons (Fsp3) is 0.600. The molecule has 1 aliphatic rings. The van der Waals surface area contributed by atoms with Gasteiger partial charge in [-0.1, -0.05) is 0 Å². The molecule has 1 aromatic rings. The number of rotatable bonds is 3. The van der Waals surface area contributed by atoms with Gasteiger partial charge in [0.1, 0.15) is 0 Å². The molecular weight excluding hydrogens is 286 g/mol. The molecule has 1 aromatic heterocycles. The lowest BCUT2D eigenvalue weighted by atomic mass is 10.1. The Bertz CT molecular complexity index is 533. The van der Waals surface area contributed by atoms with Crippen molar-refractivity contribution in [3.8, 4) is 0 Å². The first-order valence-electron chi connectivity index (χ1n) is 7.16. The first-order valence-corrected chi connectivity index (χ1v) is 7.97. The Morgan fingerprint density at radius 2 is 2.14 bits per heavy atom. The van der Waals surface area contributed by atoms with Crippen LogP contribution in [0.3, 0.4) is 0 Å². The van der Waals surface area contributed by atoms with Crippen molar-refractivity contribution in [1.82, 2.24) is 15.5 Å². The predicted octanol–water partition coefficient (Wildman–Crippen LogP) is 2.26. The van der Waals surface area contributed by atoms with E-state index >= 15 is 0 Å². The zero-order chi connectivity index (χ0) is 15.6. The summed E-state index contributed by atoms with van der Waals surface area (Å²) in [6, 6.07) is 3.73. The molecule has 5 nitrogen and oxygen atoms in total. The van der Waals surface area contributed by atoms with Crippen molar-refractivity contribution >= 4 is 23.3 Å². The van der Waals surface area contributed by atoms with Crippen LogP contribution >= 0.6 is 11.3 Å². The molecule has 1 atom stereocenters. The summed E-state index contributed by atoms with van der Waals surface area (Å²) in [6.45, 7) is 9.16. The maximum absolute atomic E-state index is 12.0. The van der Waals surface area contributed by atoms with Crippen LogP contribution in [-0.2, 0) is 11.3 Å². The van der Waals surface area contributed by atoms with Crippen molar-refractivity contribution < 1.29 is 9.59 Å². The maximum atomic E-state index is 12.0. The number of hydrogen-bond donors (Lipinski definition) is 2. The molecule has 1 saturated heterocycles. The highest BCUT2D eigenvalue weighted by atomic mass is 32.1. The molecular formula is C15H23N3O2S. The lowest BCUT2D eigenvalue weighted by Gasteiger charge is -2.32. The first kappa shape index (κ1) is 15.8. The van der Waals surface area contributed by atoms with Gasteiger partial charge in [-0.25, -0.2) is 4.79 Å². The molecule has 6 heteroatoms. The minimum atomic E-state index is -0.213. The number of amides is 3. The second kappa shape index (κ2) is 6.05. The molecule has 0 spiro atoms. The number of likely N-dealkylation sites (tertiary alicyclic amines) is 1. The van der Waals surface area contributed by atoms with Gasteiger partial charge < -0.3 is 15.5 Å². The summed E-state index contributed by atoms with van der Waals surface area (Å²) in [5.74, 6) is 0.0988. The Morgan fingerprint density at radius 1 is 1.43 bits per heavy atom. The molecule has 0 radical (unpaired) electrons. The van der Waals surface area contributed by atoms with Gasteiger partial charge in [-0.15, -0.1) is 11.3 Å². The lowest BCUT2D eigenvalue weighted by molar-refractivity contribution is -0.131. The van der Waals surface area contributed by atoms with Crippen LogP contribution in [0.25, 0.3) is 0 Å². The highest BCUT2D eigenvalue weighted by molar-refractivity contribution is 7.11. The minimum Gasteiger partial charge on any atom is -0.336 e. The number of carbonyl (C=O) groups excluding carboxylic acids is 2. The quantitative estimate of drug-likeness (QED) is 0.899. The third-order valence-electron chi connectivity index (χ3n) is 3.49. The van der Waals surface area contributed by atoms with Gasteiger partial charge in [-0.3, -0.25) is 4.79 Å². The number of urea groups is 1. The SMILES string of the molecule is Cc1ccc(CNC(=O)N[C@H]2CC(=O)N(C(C)(C)C)C2)s1. The Balaban J connectivity index is 1.80. The number of aryl methyl sites for hydroxylation is 1. The Hall–Kier alpha value is -1.56. The molecule has 116 valence electrons. The fourth-order valence-electron chi connectivity index (χ4n) is 2.44. The summed E-state index contributed by atoms with van der Waals surface area (Å²) in [7, 11) is 0. The van der Waals surface area contributed by atoms with Gasteiger partial charge in [0, 0.05) is 28.3 Å². The van der Waals surface area contributed by atoms with E-state index in [0.29, 0.717) is 19.5 Å². The highest BCUT2D eigenvalue weighted by Crippen LogP contribution is 2.21. The third kappa shape index (κ3) is 4.20. The van der Waals surface area contributed by atoms with Crippen molar-refractivity contribution in [2.24, 2.45) is 0 Å². The summed E-state index contributed by atoms with van der Waals surface area (Å²) in [5, 5.41) is 5.72. The number of nitrogens with zero attached hydrogens (tertiary/aromatic N) is 1. The average molecular weight is 309 g/mol. The van der Waals surface area contributed by atoms with Crippen molar-refractivity contribution in [2.45, 2.75) is 52.2 Å². The van der Waals surface area contributed by atoms with Gasteiger partial charge in [0.2, 0.25) is 5.91 Å². The summed E-state index contributed by atoms with van der Waals surface area (Å²) in [4.78, 5) is 28.0. The van der Waals surface area contributed by atoms with Crippen molar-refractivity contribution in [3.63, 3.8) is 0 Å². The molecule has 0 bridgehead atoms. The van der Waals surface area contributed by atoms with E-state index in [0.717, 1.165) is 4.88 Å². The summed E-state index contributed by atoms with van der Waals surface area (Å²) >= 11 is 1.67. The van der Waals surface area contributed by atoms with Crippen LogP contribution in [0, 0.1) is 6.92 Å². The molecule has 2 heterocycles. The first-order chi connectivity index (χ1) is 9.75.